The number of carbonyl (C=O) groups is 1. The maximum Gasteiger partial charge on any atom is 0.256 e. The van der Waals surface area contributed by atoms with E-state index in [1.165, 1.54) is 4.52 Å². The van der Waals surface area contributed by atoms with Gasteiger partial charge in [-0.3, -0.25) is 14.2 Å². The van der Waals surface area contributed by atoms with Gasteiger partial charge in [0.25, 0.3) is 11.5 Å². The van der Waals surface area contributed by atoms with Crippen molar-refractivity contribution >= 4 is 11.6 Å². The SMILES string of the molecule is Cc1nc2n(c(=O)c1CCNC(=O)c1cccn3nnnc13)CCCC2. The average Bonchev–Trinajstić information content (AvgIpc) is 3.13. The van der Waals surface area contributed by atoms with Gasteiger partial charge in [0.05, 0.1) is 5.56 Å². The van der Waals surface area contributed by atoms with Gasteiger partial charge in [-0.25, -0.2) is 4.98 Å². The topological polar surface area (TPSA) is 107 Å². The molecule has 4 heterocycles. The number of nitrogens with zero attached hydrogens (tertiary/aromatic N) is 6. The van der Waals surface area contributed by atoms with Crippen molar-refractivity contribution in [2.45, 2.75) is 39.2 Å². The lowest BCUT2D eigenvalue weighted by Gasteiger charge is -2.19. The molecular weight excluding hydrogens is 334 g/mol. The molecule has 0 saturated carbocycles. The third-order valence-electron chi connectivity index (χ3n) is 4.71. The Hall–Kier alpha value is -3.10. The first kappa shape index (κ1) is 16.4. The molecule has 26 heavy (non-hydrogen) atoms. The summed E-state index contributed by atoms with van der Waals surface area (Å²) in [7, 11) is 0. The highest BCUT2D eigenvalue weighted by molar-refractivity contribution is 5.99. The van der Waals surface area contributed by atoms with Crippen LogP contribution in [-0.4, -0.2) is 42.0 Å². The molecule has 9 nitrogen and oxygen atoms in total. The van der Waals surface area contributed by atoms with Gasteiger partial charge in [-0.05, 0) is 48.7 Å². The first-order valence-electron chi connectivity index (χ1n) is 8.69. The molecule has 1 amide bonds. The van der Waals surface area contributed by atoms with Crippen LogP contribution in [0.1, 0.15) is 40.3 Å². The number of pyridine rings is 1. The van der Waals surface area contributed by atoms with Gasteiger partial charge in [-0.1, -0.05) is 0 Å². The molecule has 1 aliphatic heterocycles. The van der Waals surface area contributed by atoms with Crippen LogP contribution < -0.4 is 10.9 Å². The average molecular weight is 353 g/mol. The summed E-state index contributed by atoms with van der Waals surface area (Å²) in [6.07, 6.45) is 5.05. The lowest BCUT2D eigenvalue weighted by molar-refractivity contribution is 0.0955. The largest absolute Gasteiger partial charge is 0.352 e. The van der Waals surface area contributed by atoms with Crippen molar-refractivity contribution in [2.24, 2.45) is 0 Å². The van der Waals surface area contributed by atoms with E-state index in [2.05, 4.69) is 25.8 Å². The number of fused-ring (bicyclic) bond motifs is 2. The number of rotatable bonds is 4. The van der Waals surface area contributed by atoms with Crippen LogP contribution in [0.4, 0.5) is 0 Å². The summed E-state index contributed by atoms with van der Waals surface area (Å²) in [5.74, 6) is 0.603. The minimum absolute atomic E-state index is 0.0187. The lowest BCUT2D eigenvalue weighted by Crippen LogP contribution is -2.34. The van der Waals surface area contributed by atoms with Gasteiger partial charge in [-0.15, -0.1) is 5.10 Å². The number of amides is 1. The van der Waals surface area contributed by atoms with E-state index in [0.717, 1.165) is 37.3 Å². The van der Waals surface area contributed by atoms with Crippen LogP contribution in [0.2, 0.25) is 0 Å². The minimum Gasteiger partial charge on any atom is -0.352 e. The maximum absolute atomic E-state index is 12.7. The summed E-state index contributed by atoms with van der Waals surface area (Å²) in [5.41, 5.74) is 2.23. The van der Waals surface area contributed by atoms with E-state index >= 15 is 0 Å². The Morgan fingerprint density at radius 1 is 1.35 bits per heavy atom. The zero-order chi connectivity index (χ0) is 18.1. The summed E-state index contributed by atoms with van der Waals surface area (Å²) in [6.45, 7) is 2.93. The second-order valence-corrected chi connectivity index (χ2v) is 6.38. The van der Waals surface area contributed by atoms with Crippen molar-refractivity contribution in [2.75, 3.05) is 6.54 Å². The maximum atomic E-state index is 12.7. The predicted octanol–water partition coefficient (Wildman–Crippen LogP) is 0.298. The number of carbonyl (C=O) groups excluding carboxylic acids is 1. The molecule has 0 saturated heterocycles. The number of hydrogen-bond donors (Lipinski definition) is 1. The van der Waals surface area contributed by atoms with Gasteiger partial charge in [0.1, 0.15) is 5.82 Å². The Morgan fingerprint density at radius 2 is 2.23 bits per heavy atom. The monoisotopic (exact) mass is 353 g/mol. The van der Waals surface area contributed by atoms with Crippen LogP contribution in [0, 0.1) is 6.92 Å². The standard InChI is InChI=1S/C17H19N7O2/c1-11-12(17(26)23-9-3-2-6-14(23)19-11)7-8-18-16(25)13-5-4-10-24-15(13)20-21-22-24/h4-5,10H,2-3,6-9H2,1H3,(H,18,25). The molecule has 9 heteroatoms. The first-order chi connectivity index (χ1) is 12.6. The van der Waals surface area contributed by atoms with Gasteiger partial charge in [0, 0.05) is 37.0 Å². The van der Waals surface area contributed by atoms with Crippen LogP contribution in [0.25, 0.3) is 5.65 Å². The molecule has 4 rings (SSSR count). The van der Waals surface area contributed by atoms with Crippen molar-refractivity contribution in [1.29, 1.82) is 0 Å². The molecule has 0 aromatic carbocycles. The molecule has 3 aromatic heterocycles. The van der Waals surface area contributed by atoms with Gasteiger partial charge < -0.3 is 5.32 Å². The first-order valence-corrected chi connectivity index (χ1v) is 8.69. The molecule has 1 aliphatic rings. The molecule has 0 fully saturated rings. The molecule has 0 unspecified atom stereocenters. The summed E-state index contributed by atoms with van der Waals surface area (Å²) in [4.78, 5) is 29.7. The second kappa shape index (κ2) is 6.66. The molecule has 0 spiro atoms. The van der Waals surface area contributed by atoms with E-state index in [-0.39, 0.29) is 11.5 Å². The summed E-state index contributed by atoms with van der Waals surface area (Å²) in [5, 5.41) is 14.0. The van der Waals surface area contributed by atoms with Crippen LogP contribution in [0.15, 0.2) is 23.1 Å². The number of nitrogens with one attached hydrogen (secondary N) is 1. The molecule has 0 atom stereocenters. The zero-order valence-corrected chi connectivity index (χ0v) is 14.5. The molecule has 0 bridgehead atoms. The van der Waals surface area contributed by atoms with Gasteiger partial charge in [-0.2, -0.15) is 4.52 Å². The molecule has 134 valence electrons. The number of aryl methyl sites for hydroxylation is 2. The molecule has 0 radical (unpaired) electrons. The predicted molar refractivity (Wildman–Crippen MR) is 93.0 cm³/mol. The Labute approximate surface area is 149 Å². The third kappa shape index (κ3) is 2.85. The molecule has 0 aliphatic carbocycles. The molecule has 1 N–H and O–H groups in total. The van der Waals surface area contributed by atoms with Crippen LogP contribution in [0.3, 0.4) is 0 Å². The van der Waals surface area contributed by atoms with Gasteiger partial charge in [0.15, 0.2) is 5.65 Å². The van der Waals surface area contributed by atoms with E-state index in [4.69, 9.17) is 0 Å². The number of tetrazole rings is 1. The smallest absolute Gasteiger partial charge is 0.256 e. The quantitative estimate of drug-likeness (QED) is 0.723. The Bertz CT molecular complexity index is 1040. The summed E-state index contributed by atoms with van der Waals surface area (Å²) in [6, 6.07) is 3.38. The van der Waals surface area contributed by atoms with Crippen molar-refractivity contribution < 1.29 is 4.79 Å². The lowest BCUT2D eigenvalue weighted by atomic mass is 10.1. The Morgan fingerprint density at radius 3 is 3.12 bits per heavy atom. The van der Waals surface area contributed by atoms with Crippen molar-refractivity contribution in [3.8, 4) is 0 Å². The van der Waals surface area contributed by atoms with Crippen molar-refractivity contribution in [3.05, 3.63) is 51.3 Å². The summed E-state index contributed by atoms with van der Waals surface area (Å²) < 4.78 is 3.22. The van der Waals surface area contributed by atoms with Crippen LogP contribution in [0.5, 0.6) is 0 Å². The van der Waals surface area contributed by atoms with Crippen LogP contribution in [-0.2, 0) is 19.4 Å². The van der Waals surface area contributed by atoms with E-state index in [1.54, 1.807) is 22.9 Å². The molecular formula is C17H19N7O2. The van der Waals surface area contributed by atoms with E-state index in [9.17, 15) is 9.59 Å². The highest BCUT2D eigenvalue weighted by Crippen LogP contribution is 2.12. The Balaban J connectivity index is 1.49. The highest BCUT2D eigenvalue weighted by atomic mass is 16.1. The van der Waals surface area contributed by atoms with Crippen LogP contribution >= 0.6 is 0 Å². The van der Waals surface area contributed by atoms with Crippen molar-refractivity contribution in [1.82, 2.24) is 34.9 Å². The molecule has 3 aromatic rings. The van der Waals surface area contributed by atoms with Gasteiger partial charge >= 0.3 is 0 Å². The highest BCUT2D eigenvalue weighted by Gasteiger charge is 2.17. The zero-order valence-electron chi connectivity index (χ0n) is 14.5. The number of hydrogen-bond acceptors (Lipinski definition) is 6. The minimum atomic E-state index is -0.269. The van der Waals surface area contributed by atoms with E-state index < -0.39 is 0 Å². The second-order valence-electron chi connectivity index (χ2n) is 6.38. The normalized spacial score (nSPS) is 13.6. The van der Waals surface area contributed by atoms with E-state index in [1.807, 2.05) is 6.92 Å². The number of aromatic nitrogens is 6. The third-order valence-corrected chi connectivity index (χ3v) is 4.71. The fourth-order valence-electron chi connectivity index (χ4n) is 3.36. The van der Waals surface area contributed by atoms with Gasteiger partial charge in [0.2, 0.25) is 0 Å². The fourth-order valence-corrected chi connectivity index (χ4v) is 3.36. The summed E-state index contributed by atoms with van der Waals surface area (Å²) >= 11 is 0. The van der Waals surface area contributed by atoms with Crippen molar-refractivity contribution in [3.63, 3.8) is 0 Å². The Kier molecular flexibility index (Phi) is 4.19. The van der Waals surface area contributed by atoms with E-state index in [0.29, 0.717) is 29.7 Å². The fraction of sp³-hybridized carbons (Fsp3) is 0.412.